The van der Waals surface area contributed by atoms with Crippen molar-refractivity contribution in [3.63, 3.8) is 0 Å². The second-order valence-corrected chi connectivity index (χ2v) is 5.46. The molecule has 0 aromatic carbocycles. The fourth-order valence-corrected chi connectivity index (χ4v) is 2.64. The van der Waals surface area contributed by atoms with Crippen LogP contribution < -0.4 is 0 Å². The summed E-state index contributed by atoms with van der Waals surface area (Å²) in [6.07, 6.45) is 1.67. The zero-order chi connectivity index (χ0) is 13.4. The van der Waals surface area contributed by atoms with E-state index in [1.807, 2.05) is 6.07 Å². The van der Waals surface area contributed by atoms with Gasteiger partial charge in [-0.25, -0.2) is 14.3 Å². The summed E-state index contributed by atoms with van der Waals surface area (Å²) in [5.41, 5.74) is 1.03. The van der Waals surface area contributed by atoms with Crippen molar-refractivity contribution < 1.29 is 9.53 Å². The molecule has 0 fully saturated rings. The molecule has 3 aromatic heterocycles. The summed E-state index contributed by atoms with van der Waals surface area (Å²) in [7, 11) is 1.34. The van der Waals surface area contributed by atoms with Gasteiger partial charge in [-0.15, -0.1) is 16.4 Å². The molecule has 5 nitrogen and oxygen atoms in total. The first-order chi connectivity index (χ1) is 9.17. The molecule has 0 aliphatic heterocycles. The van der Waals surface area contributed by atoms with Gasteiger partial charge in [-0.3, -0.25) is 0 Å². The van der Waals surface area contributed by atoms with E-state index in [2.05, 4.69) is 14.8 Å². The van der Waals surface area contributed by atoms with E-state index in [9.17, 15) is 4.79 Å². The molecular weight excluding hydrogens is 286 g/mol. The van der Waals surface area contributed by atoms with Crippen LogP contribution in [0.5, 0.6) is 0 Å². The SMILES string of the molecule is COC(=O)c1ccn2nc(-c3ccc(Cl)s3)nc2c1. The Morgan fingerprint density at radius 3 is 2.95 bits per heavy atom. The summed E-state index contributed by atoms with van der Waals surface area (Å²) >= 11 is 7.30. The molecule has 0 N–H and O–H groups in total. The van der Waals surface area contributed by atoms with Crippen molar-refractivity contribution in [1.82, 2.24) is 14.6 Å². The monoisotopic (exact) mass is 293 g/mol. The molecule has 0 radical (unpaired) electrons. The molecule has 3 rings (SSSR count). The molecule has 7 heteroatoms. The lowest BCUT2D eigenvalue weighted by Gasteiger charge is -1.97. The number of nitrogens with zero attached hydrogens (tertiary/aromatic N) is 3. The lowest BCUT2D eigenvalue weighted by molar-refractivity contribution is 0.0600. The van der Waals surface area contributed by atoms with Gasteiger partial charge < -0.3 is 4.74 Å². The number of methoxy groups -OCH3 is 1. The van der Waals surface area contributed by atoms with Crippen LogP contribution in [-0.2, 0) is 4.74 Å². The van der Waals surface area contributed by atoms with Gasteiger partial charge >= 0.3 is 5.97 Å². The summed E-state index contributed by atoms with van der Waals surface area (Å²) in [6.45, 7) is 0. The molecule has 0 bridgehead atoms. The lowest BCUT2D eigenvalue weighted by Crippen LogP contribution is -2.02. The minimum Gasteiger partial charge on any atom is -0.465 e. The van der Waals surface area contributed by atoms with Crippen LogP contribution in [0.1, 0.15) is 10.4 Å². The van der Waals surface area contributed by atoms with Gasteiger partial charge in [-0.05, 0) is 24.3 Å². The number of carbonyl (C=O) groups excluding carboxylic acids is 1. The van der Waals surface area contributed by atoms with E-state index >= 15 is 0 Å². The van der Waals surface area contributed by atoms with Crippen molar-refractivity contribution in [1.29, 1.82) is 0 Å². The summed E-state index contributed by atoms with van der Waals surface area (Å²) < 4.78 is 6.96. The number of pyridine rings is 1. The molecule has 0 unspecified atom stereocenters. The number of ether oxygens (including phenoxy) is 1. The predicted octanol–water partition coefficient (Wildman–Crippen LogP) is 2.90. The molecular formula is C12H8ClN3O2S. The molecule has 3 heterocycles. The maximum absolute atomic E-state index is 11.4. The zero-order valence-electron chi connectivity index (χ0n) is 9.83. The fraction of sp³-hybridized carbons (Fsp3) is 0.0833. The first kappa shape index (κ1) is 12.1. The van der Waals surface area contributed by atoms with Gasteiger partial charge in [0.25, 0.3) is 0 Å². The summed E-state index contributed by atoms with van der Waals surface area (Å²) in [5, 5.41) is 4.33. The Morgan fingerprint density at radius 1 is 1.42 bits per heavy atom. The van der Waals surface area contributed by atoms with Crippen LogP contribution in [0.2, 0.25) is 4.34 Å². The predicted molar refractivity (Wildman–Crippen MR) is 72.6 cm³/mol. The number of hydrogen-bond donors (Lipinski definition) is 0. The Balaban J connectivity index is 2.08. The summed E-state index contributed by atoms with van der Waals surface area (Å²) in [4.78, 5) is 16.7. The van der Waals surface area contributed by atoms with Gasteiger partial charge in [0.1, 0.15) is 0 Å². The number of hydrogen-bond acceptors (Lipinski definition) is 5. The van der Waals surface area contributed by atoms with E-state index in [-0.39, 0.29) is 0 Å². The van der Waals surface area contributed by atoms with Crippen LogP contribution in [0.15, 0.2) is 30.5 Å². The Kier molecular flexibility index (Phi) is 2.96. The van der Waals surface area contributed by atoms with Crippen LogP contribution in [0.4, 0.5) is 0 Å². The maximum atomic E-state index is 11.4. The van der Waals surface area contributed by atoms with E-state index in [1.54, 1.807) is 28.9 Å². The molecule has 19 heavy (non-hydrogen) atoms. The van der Waals surface area contributed by atoms with Crippen molar-refractivity contribution in [2.24, 2.45) is 0 Å². The lowest BCUT2D eigenvalue weighted by atomic mass is 10.3. The third-order valence-electron chi connectivity index (χ3n) is 2.55. The van der Waals surface area contributed by atoms with Crippen LogP contribution in [0.3, 0.4) is 0 Å². The van der Waals surface area contributed by atoms with E-state index in [4.69, 9.17) is 11.6 Å². The Morgan fingerprint density at radius 2 is 2.26 bits per heavy atom. The molecule has 0 amide bonds. The van der Waals surface area contributed by atoms with Crippen LogP contribution in [0, 0.1) is 0 Å². The first-order valence-electron chi connectivity index (χ1n) is 5.38. The van der Waals surface area contributed by atoms with Gasteiger partial charge in [0, 0.05) is 6.20 Å². The van der Waals surface area contributed by atoms with Crippen molar-refractivity contribution in [2.45, 2.75) is 0 Å². The van der Waals surface area contributed by atoms with Crippen LogP contribution in [-0.4, -0.2) is 27.7 Å². The smallest absolute Gasteiger partial charge is 0.338 e. The van der Waals surface area contributed by atoms with E-state index < -0.39 is 5.97 Å². The number of fused-ring (bicyclic) bond motifs is 1. The first-order valence-corrected chi connectivity index (χ1v) is 6.57. The number of thiophene rings is 1. The number of halogens is 1. The van der Waals surface area contributed by atoms with Gasteiger partial charge in [0.2, 0.25) is 0 Å². The average molecular weight is 294 g/mol. The number of aromatic nitrogens is 3. The molecule has 0 saturated heterocycles. The van der Waals surface area contributed by atoms with Gasteiger partial charge in [0.15, 0.2) is 11.5 Å². The van der Waals surface area contributed by atoms with Crippen molar-refractivity contribution in [3.05, 3.63) is 40.4 Å². The molecule has 0 aliphatic rings. The topological polar surface area (TPSA) is 56.5 Å². The van der Waals surface area contributed by atoms with Crippen LogP contribution in [0.25, 0.3) is 16.3 Å². The highest BCUT2D eigenvalue weighted by atomic mass is 35.5. The van der Waals surface area contributed by atoms with E-state index in [0.29, 0.717) is 21.4 Å². The highest BCUT2D eigenvalue weighted by Gasteiger charge is 2.11. The number of rotatable bonds is 2. The Bertz CT molecular complexity index is 765. The third kappa shape index (κ3) is 2.20. The van der Waals surface area contributed by atoms with E-state index in [1.165, 1.54) is 18.4 Å². The minimum atomic E-state index is -0.397. The standard InChI is InChI=1S/C12H8ClN3O2S/c1-18-12(17)7-4-5-16-10(6-7)14-11(15-16)8-2-3-9(13)19-8/h2-6H,1H3. The third-order valence-corrected chi connectivity index (χ3v) is 3.78. The molecule has 96 valence electrons. The average Bonchev–Trinajstić information content (AvgIpc) is 3.02. The molecule has 0 spiro atoms. The molecule has 0 aliphatic carbocycles. The minimum absolute atomic E-state index is 0.397. The van der Waals surface area contributed by atoms with Crippen molar-refractivity contribution in [3.8, 4) is 10.7 Å². The van der Waals surface area contributed by atoms with E-state index in [0.717, 1.165) is 4.88 Å². The van der Waals surface area contributed by atoms with Gasteiger partial charge in [-0.2, -0.15) is 0 Å². The van der Waals surface area contributed by atoms with Crippen molar-refractivity contribution in [2.75, 3.05) is 7.11 Å². The Labute approximate surface area is 117 Å². The normalized spacial score (nSPS) is 10.8. The second-order valence-electron chi connectivity index (χ2n) is 3.75. The highest BCUT2D eigenvalue weighted by Crippen LogP contribution is 2.29. The number of carbonyl (C=O) groups is 1. The summed E-state index contributed by atoms with van der Waals surface area (Å²) in [6, 6.07) is 6.94. The quantitative estimate of drug-likeness (QED) is 0.682. The second kappa shape index (κ2) is 4.64. The maximum Gasteiger partial charge on any atom is 0.338 e. The Hall–Kier alpha value is -1.92. The van der Waals surface area contributed by atoms with Gasteiger partial charge in [0.05, 0.1) is 21.9 Å². The molecule has 0 atom stereocenters. The largest absolute Gasteiger partial charge is 0.465 e. The highest BCUT2D eigenvalue weighted by molar-refractivity contribution is 7.19. The summed E-state index contributed by atoms with van der Waals surface area (Å²) in [5.74, 6) is 0.185. The van der Waals surface area contributed by atoms with Crippen LogP contribution >= 0.6 is 22.9 Å². The van der Waals surface area contributed by atoms with Crippen molar-refractivity contribution >= 4 is 34.6 Å². The molecule has 3 aromatic rings. The van der Waals surface area contributed by atoms with Gasteiger partial charge in [-0.1, -0.05) is 11.6 Å². The number of esters is 1. The molecule has 0 saturated carbocycles. The zero-order valence-corrected chi connectivity index (χ0v) is 11.4. The fourth-order valence-electron chi connectivity index (χ4n) is 1.67.